The molecule has 2 saturated carbocycles. The van der Waals surface area contributed by atoms with E-state index in [1.54, 1.807) is 0 Å². The first-order chi connectivity index (χ1) is 7.37. The summed E-state index contributed by atoms with van der Waals surface area (Å²) >= 11 is 0. The van der Waals surface area contributed by atoms with Crippen molar-refractivity contribution in [3.8, 4) is 0 Å². The van der Waals surface area contributed by atoms with Crippen molar-refractivity contribution in [2.45, 2.75) is 43.4 Å². The third kappa shape index (κ3) is 1.46. The number of carbonyl (C=O) groups excluding carboxylic acids is 1. The molecule has 0 radical (unpaired) electrons. The lowest BCUT2D eigenvalue weighted by Gasteiger charge is -2.25. The number of sulfonamides is 1. The first-order valence-corrected chi connectivity index (χ1v) is 6.96. The maximum absolute atomic E-state index is 11.9. The molecular weight excluding hydrogens is 230 g/mol. The summed E-state index contributed by atoms with van der Waals surface area (Å²) in [5.41, 5.74) is 4.14. The number of primary amides is 1. The van der Waals surface area contributed by atoms with Gasteiger partial charge in [-0.15, -0.1) is 4.41 Å². The van der Waals surface area contributed by atoms with Gasteiger partial charge in [0.1, 0.15) is 5.54 Å². The normalized spacial score (nSPS) is 34.1. The van der Waals surface area contributed by atoms with Crippen LogP contribution >= 0.6 is 0 Å². The van der Waals surface area contributed by atoms with Crippen LogP contribution in [0.25, 0.3) is 0 Å². The monoisotopic (exact) mass is 247 g/mol. The Kier molecular flexibility index (Phi) is 2.52. The SMILES string of the molecule is CC[C@H]1C[C@@]1(C(N)=O)N(N)S(=O)(=O)C1CC1. The Balaban J connectivity index is 2.26. The Morgan fingerprint density at radius 3 is 2.38 bits per heavy atom. The molecule has 0 aliphatic heterocycles. The van der Waals surface area contributed by atoms with Crippen LogP contribution in [0.3, 0.4) is 0 Å². The van der Waals surface area contributed by atoms with E-state index in [0.717, 1.165) is 4.41 Å². The van der Waals surface area contributed by atoms with Crippen LogP contribution in [-0.4, -0.2) is 29.5 Å². The van der Waals surface area contributed by atoms with E-state index in [-0.39, 0.29) is 5.92 Å². The quantitative estimate of drug-likeness (QED) is 0.495. The first kappa shape index (κ1) is 11.8. The molecule has 7 heteroatoms. The largest absolute Gasteiger partial charge is 0.368 e. The second-order valence-electron chi connectivity index (χ2n) is 4.64. The number of carbonyl (C=O) groups is 1. The van der Waals surface area contributed by atoms with Crippen LogP contribution < -0.4 is 11.6 Å². The van der Waals surface area contributed by atoms with Crippen molar-refractivity contribution in [3.63, 3.8) is 0 Å². The van der Waals surface area contributed by atoms with E-state index >= 15 is 0 Å². The van der Waals surface area contributed by atoms with Crippen LogP contribution in [0, 0.1) is 5.92 Å². The van der Waals surface area contributed by atoms with Crippen molar-refractivity contribution in [2.75, 3.05) is 0 Å². The number of hydrogen-bond donors (Lipinski definition) is 2. The molecule has 0 heterocycles. The number of nitrogens with two attached hydrogens (primary N) is 2. The molecule has 0 spiro atoms. The zero-order chi connectivity index (χ0) is 12.1. The van der Waals surface area contributed by atoms with Crippen molar-refractivity contribution in [3.05, 3.63) is 0 Å². The minimum atomic E-state index is -3.54. The van der Waals surface area contributed by atoms with E-state index in [0.29, 0.717) is 25.7 Å². The molecule has 6 nitrogen and oxygen atoms in total. The predicted octanol–water partition coefficient (Wildman–Crippen LogP) is -0.692. The highest BCUT2D eigenvalue weighted by Gasteiger charge is 2.65. The lowest BCUT2D eigenvalue weighted by molar-refractivity contribution is -0.123. The van der Waals surface area contributed by atoms with Gasteiger partial charge in [0.05, 0.1) is 5.25 Å². The predicted molar refractivity (Wildman–Crippen MR) is 58.3 cm³/mol. The van der Waals surface area contributed by atoms with Gasteiger partial charge in [-0.25, -0.2) is 8.42 Å². The van der Waals surface area contributed by atoms with Crippen molar-refractivity contribution >= 4 is 15.9 Å². The van der Waals surface area contributed by atoms with E-state index in [4.69, 9.17) is 11.6 Å². The second-order valence-corrected chi connectivity index (χ2v) is 6.73. The summed E-state index contributed by atoms with van der Waals surface area (Å²) in [4.78, 5) is 11.4. The Labute approximate surface area is 95.0 Å². The standard InChI is InChI=1S/C9H17N3O3S/c1-2-6-5-9(6,8(10)13)12(11)16(14,15)7-3-4-7/h6-7H,2-5,11H2,1H3,(H2,10,13)/t6-,9+/m0/s1. The van der Waals surface area contributed by atoms with Crippen LogP contribution in [0.5, 0.6) is 0 Å². The summed E-state index contributed by atoms with van der Waals surface area (Å²) in [6, 6.07) is 0. The molecule has 92 valence electrons. The lowest BCUT2D eigenvalue weighted by Crippen LogP contribution is -2.56. The highest BCUT2D eigenvalue weighted by Crippen LogP contribution is 2.51. The molecule has 0 aromatic rings. The fraction of sp³-hybridized carbons (Fsp3) is 0.889. The lowest BCUT2D eigenvalue weighted by atomic mass is 10.2. The van der Waals surface area contributed by atoms with Crippen LogP contribution in [0.1, 0.15) is 32.6 Å². The fourth-order valence-electron chi connectivity index (χ4n) is 2.23. The zero-order valence-corrected chi connectivity index (χ0v) is 10.0. The van der Waals surface area contributed by atoms with Crippen LogP contribution in [0.2, 0.25) is 0 Å². The van der Waals surface area contributed by atoms with Gasteiger partial charge in [-0.3, -0.25) is 10.6 Å². The number of rotatable bonds is 5. The molecule has 0 aromatic carbocycles. The second kappa shape index (κ2) is 3.41. The summed E-state index contributed by atoms with van der Waals surface area (Å²) in [5, 5.41) is -0.410. The maximum atomic E-state index is 11.9. The summed E-state index contributed by atoms with van der Waals surface area (Å²) in [6.07, 6.45) is 2.40. The molecule has 2 atom stereocenters. The van der Waals surface area contributed by atoms with Crippen molar-refractivity contribution in [2.24, 2.45) is 17.5 Å². The molecule has 2 rings (SSSR count). The molecule has 0 saturated heterocycles. The molecule has 1 amide bonds. The van der Waals surface area contributed by atoms with Gasteiger partial charge < -0.3 is 5.73 Å². The van der Waals surface area contributed by atoms with Crippen LogP contribution in [-0.2, 0) is 14.8 Å². The van der Waals surface area contributed by atoms with Crippen molar-refractivity contribution < 1.29 is 13.2 Å². The first-order valence-electron chi connectivity index (χ1n) is 5.46. The minimum Gasteiger partial charge on any atom is -0.368 e. The van der Waals surface area contributed by atoms with Gasteiger partial charge in [-0.1, -0.05) is 13.3 Å². The maximum Gasteiger partial charge on any atom is 0.240 e. The highest BCUT2D eigenvalue weighted by atomic mass is 32.2. The summed E-state index contributed by atoms with van der Waals surface area (Å²) in [7, 11) is -3.54. The van der Waals surface area contributed by atoms with Gasteiger partial charge >= 0.3 is 0 Å². The van der Waals surface area contributed by atoms with E-state index < -0.39 is 26.7 Å². The Morgan fingerprint density at radius 2 is 2.06 bits per heavy atom. The Morgan fingerprint density at radius 1 is 1.50 bits per heavy atom. The van der Waals surface area contributed by atoms with Crippen LogP contribution in [0.4, 0.5) is 0 Å². The molecule has 16 heavy (non-hydrogen) atoms. The van der Waals surface area contributed by atoms with E-state index in [1.807, 2.05) is 6.92 Å². The Hall–Kier alpha value is -0.660. The van der Waals surface area contributed by atoms with Crippen molar-refractivity contribution in [1.82, 2.24) is 4.41 Å². The number of amides is 1. The average Bonchev–Trinajstić information content (AvgIpc) is 3.08. The molecule has 0 aromatic heterocycles. The number of nitrogens with zero attached hydrogens (tertiary/aromatic N) is 1. The third-order valence-electron chi connectivity index (χ3n) is 3.61. The highest BCUT2D eigenvalue weighted by molar-refractivity contribution is 7.90. The van der Waals surface area contributed by atoms with Gasteiger partial charge in [-0.05, 0) is 25.2 Å². The molecule has 4 N–H and O–H groups in total. The van der Waals surface area contributed by atoms with Gasteiger partial charge in [-0.2, -0.15) is 0 Å². The zero-order valence-electron chi connectivity index (χ0n) is 9.22. The van der Waals surface area contributed by atoms with E-state index in [2.05, 4.69) is 0 Å². The summed E-state index contributed by atoms with van der Waals surface area (Å²) in [6.45, 7) is 1.90. The Bertz CT molecular complexity index is 418. The number of hydrazine groups is 1. The third-order valence-corrected chi connectivity index (χ3v) is 5.79. The molecule has 2 aliphatic carbocycles. The molecular formula is C9H17N3O3S. The smallest absolute Gasteiger partial charge is 0.240 e. The molecule has 0 unspecified atom stereocenters. The summed E-state index contributed by atoms with van der Waals surface area (Å²) in [5.74, 6) is 4.97. The van der Waals surface area contributed by atoms with Crippen molar-refractivity contribution in [1.29, 1.82) is 0 Å². The van der Waals surface area contributed by atoms with Gasteiger partial charge in [0.15, 0.2) is 0 Å². The molecule has 2 fully saturated rings. The minimum absolute atomic E-state index is 0.0384. The fourth-order valence-corrected chi connectivity index (χ4v) is 4.05. The van der Waals surface area contributed by atoms with Crippen LogP contribution in [0.15, 0.2) is 0 Å². The number of hydrogen-bond acceptors (Lipinski definition) is 4. The van der Waals surface area contributed by atoms with Gasteiger partial charge in [0.2, 0.25) is 15.9 Å². The topological polar surface area (TPSA) is 106 Å². The van der Waals surface area contributed by atoms with E-state index in [1.165, 1.54) is 0 Å². The van der Waals surface area contributed by atoms with Gasteiger partial charge in [0, 0.05) is 0 Å². The molecule has 0 bridgehead atoms. The average molecular weight is 247 g/mol. The van der Waals surface area contributed by atoms with E-state index in [9.17, 15) is 13.2 Å². The molecule has 2 aliphatic rings. The summed E-state index contributed by atoms with van der Waals surface area (Å²) < 4.78 is 24.6. The van der Waals surface area contributed by atoms with Gasteiger partial charge in [0.25, 0.3) is 0 Å².